The van der Waals surface area contributed by atoms with Crippen LogP contribution in [-0.2, 0) is 0 Å². The molecule has 1 nitrogen and oxygen atoms in total. The summed E-state index contributed by atoms with van der Waals surface area (Å²) >= 11 is 0. The minimum absolute atomic E-state index is 0. The zero-order valence-electron chi connectivity index (χ0n) is 4.78. The first-order valence-electron chi connectivity index (χ1n) is 2.44. The number of hydrogen-bond donors (Lipinski definition) is 0. The molecule has 0 N–H and O–H groups in total. The summed E-state index contributed by atoms with van der Waals surface area (Å²) in [6.07, 6.45) is 0.833. The number of aldehydes is 1. The minimum Gasteiger partial charge on any atom is -0.298 e. The molecule has 0 spiro atoms. The van der Waals surface area contributed by atoms with Crippen molar-refractivity contribution < 1.29 is 9.50 Å². The molecule has 0 aromatic heterocycles. The first kappa shape index (κ1) is 7.82. The molecule has 0 aliphatic carbocycles. The van der Waals surface area contributed by atoms with Crippen molar-refractivity contribution in [2.75, 3.05) is 0 Å². The lowest BCUT2D eigenvalue weighted by atomic mass is 10.2. The second-order valence-corrected chi connectivity index (χ2v) is 1.53. The molecule has 0 radical (unpaired) electrons. The predicted molar refractivity (Wildman–Crippen MR) is 34.3 cm³/mol. The molecule has 1 aromatic carbocycles. The van der Waals surface area contributed by atoms with Crippen molar-refractivity contribution in [1.29, 1.82) is 0 Å². The van der Waals surface area contributed by atoms with Crippen molar-refractivity contribution in [3.63, 3.8) is 0 Å². The molecule has 0 saturated heterocycles. The van der Waals surface area contributed by atoms with Gasteiger partial charge in [0.15, 0.2) is 0 Å². The first-order chi connectivity index (χ1) is 3.93. The van der Waals surface area contributed by atoms with Gasteiger partial charge in [-0.15, -0.1) is 0 Å². The van der Waals surface area contributed by atoms with E-state index in [2.05, 4.69) is 0 Å². The highest BCUT2D eigenvalue weighted by molar-refractivity contribution is 5.74. The molecule has 48 valence electrons. The van der Waals surface area contributed by atoms with Crippen LogP contribution in [-0.4, -0.2) is 6.29 Å². The van der Waals surface area contributed by atoms with Crippen LogP contribution in [0.15, 0.2) is 30.3 Å². The van der Waals surface area contributed by atoms with E-state index in [1.165, 1.54) is 0 Å². The van der Waals surface area contributed by atoms with E-state index in [1.54, 1.807) is 12.1 Å². The molecule has 2 heteroatoms. The van der Waals surface area contributed by atoms with E-state index in [0.29, 0.717) is 0 Å². The van der Waals surface area contributed by atoms with Crippen LogP contribution < -0.4 is 0 Å². The predicted octanol–water partition coefficient (Wildman–Crippen LogP) is 1.65. The third-order valence-electron chi connectivity index (χ3n) is 0.936. The van der Waals surface area contributed by atoms with E-state index in [4.69, 9.17) is 0 Å². The SMILES string of the molecule is F.O=Cc1ccccc1. The van der Waals surface area contributed by atoms with Crippen LogP contribution in [0.3, 0.4) is 0 Å². The summed E-state index contributed by atoms with van der Waals surface area (Å²) in [5, 5.41) is 0. The quantitative estimate of drug-likeness (QED) is 0.523. The van der Waals surface area contributed by atoms with Gasteiger partial charge in [0.05, 0.1) is 0 Å². The molecule has 0 saturated carbocycles. The molecule has 0 aliphatic rings. The maximum Gasteiger partial charge on any atom is 0.150 e. The van der Waals surface area contributed by atoms with Crippen LogP contribution in [0.1, 0.15) is 10.4 Å². The monoisotopic (exact) mass is 126 g/mol. The molecule has 0 unspecified atom stereocenters. The third-order valence-corrected chi connectivity index (χ3v) is 0.936. The average molecular weight is 126 g/mol. The second kappa shape index (κ2) is 3.78. The Labute approximate surface area is 52.7 Å². The number of rotatable bonds is 1. The molecule has 1 aromatic rings. The van der Waals surface area contributed by atoms with Gasteiger partial charge in [0.25, 0.3) is 0 Å². The first-order valence-corrected chi connectivity index (χ1v) is 2.44. The van der Waals surface area contributed by atoms with Crippen molar-refractivity contribution in [2.45, 2.75) is 0 Å². The number of carbonyl (C=O) groups is 1. The third kappa shape index (κ3) is 2.04. The van der Waals surface area contributed by atoms with Gasteiger partial charge in [-0.2, -0.15) is 0 Å². The van der Waals surface area contributed by atoms with Gasteiger partial charge in [-0.05, 0) is 0 Å². The van der Waals surface area contributed by atoms with Gasteiger partial charge < -0.3 is 0 Å². The Morgan fingerprint density at radius 1 is 1.11 bits per heavy atom. The Kier molecular flexibility index (Phi) is 3.28. The van der Waals surface area contributed by atoms with E-state index in [1.807, 2.05) is 18.2 Å². The van der Waals surface area contributed by atoms with Crippen molar-refractivity contribution in [3.05, 3.63) is 35.9 Å². The average Bonchev–Trinajstić information content (AvgIpc) is 1.90. The molecule has 1 rings (SSSR count). The lowest BCUT2D eigenvalue weighted by Crippen LogP contribution is -1.73. The minimum atomic E-state index is 0. The van der Waals surface area contributed by atoms with Gasteiger partial charge in [0.2, 0.25) is 0 Å². The largest absolute Gasteiger partial charge is 0.298 e. The summed E-state index contributed by atoms with van der Waals surface area (Å²) in [7, 11) is 0. The van der Waals surface area contributed by atoms with Crippen LogP contribution in [0, 0.1) is 0 Å². The van der Waals surface area contributed by atoms with Crippen molar-refractivity contribution >= 4 is 6.29 Å². The zero-order chi connectivity index (χ0) is 5.82. The topological polar surface area (TPSA) is 17.1 Å². The van der Waals surface area contributed by atoms with E-state index < -0.39 is 0 Å². The normalized spacial score (nSPS) is 7.56. The maximum absolute atomic E-state index is 10.0. The number of carbonyl (C=O) groups excluding carboxylic acids is 1. The van der Waals surface area contributed by atoms with Gasteiger partial charge in [0.1, 0.15) is 6.29 Å². The summed E-state index contributed by atoms with van der Waals surface area (Å²) in [5.41, 5.74) is 0.729. The van der Waals surface area contributed by atoms with Gasteiger partial charge in [0, 0.05) is 5.56 Å². The van der Waals surface area contributed by atoms with Crippen molar-refractivity contribution in [2.24, 2.45) is 0 Å². The summed E-state index contributed by atoms with van der Waals surface area (Å²) in [5.74, 6) is 0. The smallest absolute Gasteiger partial charge is 0.150 e. The Bertz CT molecular complexity index is 172. The second-order valence-electron chi connectivity index (χ2n) is 1.53. The van der Waals surface area contributed by atoms with E-state index in [0.717, 1.165) is 11.8 Å². The highest BCUT2D eigenvalue weighted by atomic mass is 19.0. The summed E-state index contributed by atoms with van der Waals surface area (Å²) in [6.45, 7) is 0. The summed E-state index contributed by atoms with van der Waals surface area (Å²) in [6, 6.07) is 9.10. The Morgan fingerprint density at radius 2 is 1.67 bits per heavy atom. The molecule has 0 bridgehead atoms. The number of halogens is 1. The fourth-order valence-electron chi connectivity index (χ4n) is 0.532. The van der Waals surface area contributed by atoms with Crippen molar-refractivity contribution in [1.82, 2.24) is 0 Å². The number of benzene rings is 1. The highest BCUT2D eigenvalue weighted by Gasteiger charge is 1.79. The lowest BCUT2D eigenvalue weighted by molar-refractivity contribution is 0.112. The van der Waals surface area contributed by atoms with Crippen LogP contribution in [0.2, 0.25) is 0 Å². The fraction of sp³-hybridized carbons (Fsp3) is 0. The Balaban J connectivity index is 0.000000640. The molecular weight excluding hydrogens is 119 g/mol. The molecule has 0 atom stereocenters. The Hall–Kier alpha value is -1.18. The van der Waals surface area contributed by atoms with Gasteiger partial charge >= 0.3 is 0 Å². The molecular formula is C7H7FO. The van der Waals surface area contributed by atoms with Gasteiger partial charge in [-0.3, -0.25) is 9.50 Å². The standard InChI is InChI=1S/C7H6O.FH/c8-6-7-4-2-1-3-5-7;/h1-6H;1H. The molecule has 0 heterocycles. The van der Waals surface area contributed by atoms with E-state index in [-0.39, 0.29) is 4.70 Å². The van der Waals surface area contributed by atoms with Crippen LogP contribution in [0.5, 0.6) is 0 Å². The summed E-state index contributed by atoms with van der Waals surface area (Å²) in [4.78, 5) is 10.0. The Morgan fingerprint density at radius 3 is 2.00 bits per heavy atom. The number of hydrogen-bond acceptors (Lipinski definition) is 1. The molecule has 9 heavy (non-hydrogen) atoms. The fourth-order valence-corrected chi connectivity index (χ4v) is 0.532. The molecule has 0 fully saturated rings. The highest BCUT2D eigenvalue weighted by Crippen LogP contribution is 1.91. The molecule has 0 amide bonds. The van der Waals surface area contributed by atoms with Crippen LogP contribution >= 0.6 is 0 Å². The molecule has 0 aliphatic heterocycles. The van der Waals surface area contributed by atoms with Crippen LogP contribution in [0.4, 0.5) is 4.70 Å². The van der Waals surface area contributed by atoms with Gasteiger partial charge in [-0.1, -0.05) is 30.3 Å². The summed E-state index contributed by atoms with van der Waals surface area (Å²) < 4.78 is 0. The van der Waals surface area contributed by atoms with Gasteiger partial charge in [-0.25, -0.2) is 0 Å². The van der Waals surface area contributed by atoms with E-state index in [9.17, 15) is 4.79 Å². The van der Waals surface area contributed by atoms with Crippen molar-refractivity contribution in [3.8, 4) is 0 Å². The van der Waals surface area contributed by atoms with E-state index >= 15 is 0 Å². The zero-order valence-corrected chi connectivity index (χ0v) is 4.78. The van der Waals surface area contributed by atoms with Crippen LogP contribution in [0.25, 0.3) is 0 Å². The lowest BCUT2D eigenvalue weighted by Gasteiger charge is -1.81. The maximum atomic E-state index is 10.0.